The lowest BCUT2D eigenvalue weighted by Gasteiger charge is -2.06. The third-order valence-corrected chi connectivity index (χ3v) is 3.04. The van der Waals surface area contributed by atoms with Crippen LogP contribution in [0, 0.1) is 5.92 Å². The van der Waals surface area contributed by atoms with E-state index < -0.39 is 0 Å². The fraction of sp³-hybridized carbons (Fsp3) is 0.667. The molecule has 0 saturated heterocycles. The van der Waals surface area contributed by atoms with Gasteiger partial charge in [0.1, 0.15) is 0 Å². The second-order valence-corrected chi connectivity index (χ2v) is 5.25. The van der Waals surface area contributed by atoms with Crippen molar-refractivity contribution in [3.8, 4) is 0 Å². The topological polar surface area (TPSA) is 37.8 Å². The summed E-state index contributed by atoms with van der Waals surface area (Å²) in [4.78, 5) is 8.34. The normalized spacial score (nSPS) is 10.9. The van der Waals surface area contributed by atoms with Crippen LogP contribution in [-0.4, -0.2) is 28.8 Å². The Labute approximate surface area is 102 Å². The Balaban J connectivity index is 1.93. The van der Waals surface area contributed by atoms with Gasteiger partial charge in [0.2, 0.25) is 0 Å². The highest BCUT2D eigenvalue weighted by atomic mass is 32.2. The first kappa shape index (κ1) is 13.5. The maximum absolute atomic E-state index is 4.17. The van der Waals surface area contributed by atoms with Crippen LogP contribution >= 0.6 is 11.8 Å². The molecule has 0 bridgehead atoms. The van der Waals surface area contributed by atoms with Crippen molar-refractivity contribution in [1.29, 1.82) is 0 Å². The van der Waals surface area contributed by atoms with Gasteiger partial charge in [-0.15, -0.1) is 0 Å². The Hall–Kier alpha value is -0.610. The molecular weight excluding hydrogens is 218 g/mol. The summed E-state index contributed by atoms with van der Waals surface area (Å²) in [5.41, 5.74) is 0. The molecule has 0 spiro atoms. The molecular formula is C12H21N3S. The smallest absolute Gasteiger partial charge is 0.187 e. The van der Waals surface area contributed by atoms with Crippen LogP contribution in [0.1, 0.15) is 26.7 Å². The first-order chi connectivity index (χ1) is 7.79. The van der Waals surface area contributed by atoms with Crippen molar-refractivity contribution in [2.24, 2.45) is 5.92 Å². The minimum atomic E-state index is 0.743. The predicted octanol–water partition coefficient (Wildman–Crippen LogP) is 2.59. The number of nitrogens with zero attached hydrogens (tertiary/aromatic N) is 2. The molecule has 4 heteroatoms. The molecule has 0 amide bonds. The van der Waals surface area contributed by atoms with Gasteiger partial charge in [0.05, 0.1) is 0 Å². The SMILES string of the molecule is CC(C)CNCCCCSc1ncccn1. The maximum atomic E-state index is 4.17. The van der Waals surface area contributed by atoms with Crippen molar-refractivity contribution < 1.29 is 0 Å². The van der Waals surface area contributed by atoms with Gasteiger partial charge in [-0.2, -0.15) is 0 Å². The average Bonchev–Trinajstić information content (AvgIpc) is 2.29. The largest absolute Gasteiger partial charge is 0.316 e. The Morgan fingerprint density at radius 3 is 2.69 bits per heavy atom. The molecule has 0 aromatic carbocycles. The van der Waals surface area contributed by atoms with E-state index in [1.54, 1.807) is 24.2 Å². The Morgan fingerprint density at radius 2 is 2.00 bits per heavy atom. The number of hydrogen-bond donors (Lipinski definition) is 1. The lowest BCUT2D eigenvalue weighted by atomic mass is 10.2. The van der Waals surface area contributed by atoms with Gasteiger partial charge < -0.3 is 5.32 Å². The molecule has 0 atom stereocenters. The second kappa shape index (κ2) is 8.53. The highest BCUT2D eigenvalue weighted by molar-refractivity contribution is 7.99. The van der Waals surface area contributed by atoms with Crippen molar-refractivity contribution in [1.82, 2.24) is 15.3 Å². The Morgan fingerprint density at radius 1 is 1.25 bits per heavy atom. The van der Waals surface area contributed by atoms with Gasteiger partial charge >= 0.3 is 0 Å². The van der Waals surface area contributed by atoms with E-state index in [1.807, 2.05) is 6.07 Å². The van der Waals surface area contributed by atoms with Crippen LogP contribution in [0.25, 0.3) is 0 Å². The molecule has 0 aliphatic carbocycles. The van der Waals surface area contributed by atoms with E-state index >= 15 is 0 Å². The van der Waals surface area contributed by atoms with Gasteiger partial charge in [-0.05, 0) is 37.9 Å². The predicted molar refractivity (Wildman–Crippen MR) is 69.7 cm³/mol. The first-order valence-corrected chi connectivity index (χ1v) is 6.88. The summed E-state index contributed by atoms with van der Waals surface area (Å²) in [6.07, 6.45) is 6.03. The molecule has 0 aliphatic heterocycles. The number of nitrogens with one attached hydrogen (secondary N) is 1. The van der Waals surface area contributed by atoms with Crippen LogP contribution in [0.4, 0.5) is 0 Å². The van der Waals surface area contributed by atoms with Gasteiger partial charge in [0.15, 0.2) is 5.16 Å². The van der Waals surface area contributed by atoms with Crippen molar-refractivity contribution >= 4 is 11.8 Å². The average molecular weight is 239 g/mol. The summed E-state index contributed by atoms with van der Waals surface area (Å²) in [5, 5.41) is 4.33. The van der Waals surface area contributed by atoms with Crippen molar-refractivity contribution in [3.05, 3.63) is 18.5 Å². The molecule has 1 rings (SSSR count). The van der Waals surface area contributed by atoms with E-state index in [0.717, 1.165) is 29.9 Å². The van der Waals surface area contributed by atoms with Gasteiger partial charge in [-0.1, -0.05) is 25.6 Å². The number of unbranched alkanes of at least 4 members (excludes halogenated alkanes) is 1. The van der Waals surface area contributed by atoms with Gasteiger partial charge in [-0.25, -0.2) is 9.97 Å². The molecule has 0 saturated carbocycles. The molecule has 3 nitrogen and oxygen atoms in total. The number of rotatable bonds is 8. The zero-order valence-electron chi connectivity index (χ0n) is 10.1. The quantitative estimate of drug-likeness (QED) is 0.430. The van der Waals surface area contributed by atoms with Gasteiger partial charge in [0, 0.05) is 18.1 Å². The van der Waals surface area contributed by atoms with E-state index in [1.165, 1.54) is 12.8 Å². The molecule has 1 N–H and O–H groups in total. The Bertz CT molecular complexity index is 264. The van der Waals surface area contributed by atoms with Crippen molar-refractivity contribution in [2.45, 2.75) is 31.8 Å². The van der Waals surface area contributed by atoms with Crippen LogP contribution < -0.4 is 5.32 Å². The maximum Gasteiger partial charge on any atom is 0.187 e. The van der Waals surface area contributed by atoms with E-state index in [0.29, 0.717) is 0 Å². The van der Waals surface area contributed by atoms with E-state index in [2.05, 4.69) is 29.1 Å². The lowest BCUT2D eigenvalue weighted by Crippen LogP contribution is -2.20. The Kier molecular flexibility index (Phi) is 7.17. The molecule has 0 radical (unpaired) electrons. The fourth-order valence-corrected chi connectivity index (χ4v) is 2.07. The summed E-state index contributed by atoms with van der Waals surface area (Å²) in [7, 11) is 0. The summed E-state index contributed by atoms with van der Waals surface area (Å²) < 4.78 is 0. The highest BCUT2D eigenvalue weighted by Gasteiger charge is 1.96. The standard InChI is InChI=1S/C12H21N3S/c1-11(2)10-13-6-3-4-9-16-12-14-7-5-8-15-12/h5,7-8,11,13H,3-4,6,9-10H2,1-2H3. The van der Waals surface area contributed by atoms with E-state index in [9.17, 15) is 0 Å². The van der Waals surface area contributed by atoms with E-state index in [-0.39, 0.29) is 0 Å². The number of hydrogen-bond acceptors (Lipinski definition) is 4. The van der Waals surface area contributed by atoms with Gasteiger partial charge in [-0.3, -0.25) is 0 Å². The summed E-state index contributed by atoms with van der Waals surface area (Å²) >= 11 is 1.73. The van der Waals surface area contributed by atoms with Crippen LogP contribution in [0.5, 0.6) is 0 Å². The minimum absolute atomic E-state index is 0.743. The second-order valence-electron chi connectivity index (χ2n) is 4.18. The zero-order chi connectivity index (χ0) is 11.6. The van der Waals surface area contributed by atoms with Crippen LogP contribution in [-0.2, 0) is 0 Å². The third-order valence-electron chi connectivity index (χ3n) is 2.07. The zero-order valence-corrected chi connectivity index (χ0v) is 11.0. The molecule has 0 fully saturated rings. The molecule has 1 aromatic heterocycles. The molecule has 0 unspecified atom stereocenters. The van der Waals surface area contributed by atoms with Crippen LogP contribution in [0.3, 0.4) is 0 Å². The third kappa shape index (κ3) is 6.80. The molecule has 1 aromatic rings. The summed E-state index contributed by atoms with van der Waals surface area (Å²) in [6, 6.07) is 1.85. The summed E-state index contributed by atoms with van der Waals surface area (Å²) in [5.74, 6) is 1.85. The van der Waals surface area contributed by atoms with Crippen LogP contribution in [0.2, 0.25) is 0 Å². The van der Waals surface area contributed by atoms with Gasteiger partial charge in [0.25, 0.3) is 0 Å². The molecule has 0 aliphatic rings. The first-order valence-electron chi connectivity index (χ1n) is 5.89. The van der Waals surface area contributed by atoms with Crippen molar-refractivity contribution in [2.75, 3.05) is 18.8 Å². The molecule has 1 heterocycles. The van der Waals surface area contributed by atoms with Crippen LogP contribution in [0.15, 0.2) is 23.6 Å². The molecule has 90 valence electrons. The number of aromatic nitrogens is 2. The monoisotopic (exact) mass is 239 g/mol. The fourth-order valence-electron chi connectivity index (χ4n) is 1.27. The highest BCUT2D eigenvalue weighted by Crippen LogP contribution is 2.12. The number of thioether (sulfide) groups is 1. The summed E-state index contributed by atoms with van der Waals surface area (Å²) in [6.45, 7) is 6.70. The lowest BCUT2D eigenvalue weighted by molar-refractivity contribution is 0.541. The van der Waals surface area contributed by atoms with E-state index in [4.69, 9.17) is 0 Å². The minimum Gasteiger partial charge on any atom is -0.316 e. The molecule has 16 heavy (non-hydrogen) atoms. The van der Waals surface area contributed by atoms with Crippen molar-refractivity contribution in [3.63, 3.8) is 0 Å².